The number of ether oxygens (including phenoxy) is 3. The number of carbonyl (C=O) groups excluding carboxylic acids is 1. The molecule has 0 atom stereocenters. The molecule has 0 bridgehead atoms. The van der Waals surface area contributed by atoms with E-state index >= 15 is 0 Å². The van der Waals surface area contributed by atoms with Crippen LogP contribution in [0.2, 0.25) is 0 Å². The number of methoxy groups -OCH3 is 1. The summed E-state index contributed by atoms with van der Waals surface area (Å²) in [4.78, 5) is 16.0. The van der Waals surface area contributed by atoms with E-state index in [0.717, 1.165) is 22.3 Å². The molecule has 0 radical (unpaired) electrons. The van der Waals surface area contributed by atoms with E-state index in [1.165, 1.54) is 7.11 Å². The minimum atomic E-state index is -0.360. The maximum Gasteiger partial charge on any atom is 0.337 e. The van der Waals surface area contributed by atoms with Crippen LogP contribution in [-0.4, -0.2) is 31.3 Å². The summed E-state index contributed by atoms with van der Waals surface area (Å²) in [7, 11) is 1.37. The predicted octanol–water partition coefficient (Wildman–Crippen LogP) is 4.56. The van der Waals surface area contributed by atoms with Gasteiger partial charge in [-0.1, -0.05) is 0 Å². The second-order valence-corrected chi connectivity index (χ2v) is 5.73. The summed E-state index contributed by atoms with van der Waals surface area (Å²) < 4.78 is 16.1. The smallest absolute Gasteiger partial charge is 0.337 e. The van der Waals surface area contributed by atoms with Crippen LogP contribution in [0.3, 0.4) is 0 Å². The highest BCUT2D eigenvalue weighted by Crippen LogP contribution is 2.35. The van der Waals surface area contributed by atoms with Crippen molar-refractivity contribution in [1.82, 2.24) is 4.98 Å². The molecule has 27 heavy (non-hydrogen) atoms. The lowest BCUT2D eigenvalue weighted by molar-refractivity contribution is 0.0601. The van der Waals surface area contributed by atoms with Gasteiger partial charge in [0.1, 0.15) is 0 Å². The summed E-state index contributed by atoms with van der Waals surface area (Å²) in [6.07, 6.45) is 1.74. The fourth-order valence-electron chi connectivity index (χ4n) is 2.76. The van der Waals surface area contributed by atoms with Gasteiger partial charge in [0, 0.05) is 29.0 Å². The summed E-state index contributed by atoms with van der Waals surface area (Å²) in [5.41, 5.74) is 3.04. The summed E-state index contributed by atoms with van der Waals surface area (Å²) in [6, 6.07) is 12.8. The van der Waals surface area contributed by atoms with Crippen molar-refractivity contribution in [1.29, 1.82) is 0 Å². The van der Waals surface area contributed by atoms with Crippen LogP contribution in [0.25, 0.3) is 10.9 Å². The van der Waals surface area contributed by atoms with Crippen LogP contribution < -0.4 is 14.8 Å². The number of esters is 1. The number of pyridine rings is 1. The number of hydrogen-bond acceptors (Lipinski definition) is 6. The van der Waals surface area contributed by atoms with Crippen molar-refractivity contribution in [3.63, 3.8) is 0 Å². The second kappa shape index (κ2) is 8.40. The molecule has 1 aromatic heterocycles. The highest BCUT2D eigenvalue weighted by molar-refractivity contribution is 5.95. The van der Waals surface area contributed by atoms with Gasteiger partial charge in [-0.25, -0.2) is 4.79 Å². The fraction of sp³-hybridized carbons (Fsp3) is 0.238. The molecule has 1 N–H and O–H groups in total. The Morgan fingerprint density at radius 1 is 1.00 bits per heavy atom. The predicted molar refractivity (Wildman–Crippen MR) is 105 cm³/mol. The summed E-state index contributed by atoms with van der Waals surface area (Å²) in [6.45, 7) is 4.97. The van der Waals surface area contributed by atoms with E-state index in [1.807, 2.05) is 44.2 Å². The molecule has 1 heterocycles. The lowest BCUT2D eigenvalue weighted by atomic mass is 10.1. The SMILES string of the molecule is CCOc1cc2nccc(Nc3ccc(C(=O)OC)cc3)c2cc1OCC. The first kappa shape index (κ1) is 18.5. The number of benzene rings is 2. The Labute approximate surface area is 158 Å². The van der Waals surface area contributed by atoms with E-state index in [2.05, 4.69) is 10.3 Å². The van der Waals surface area contributed by atoms with Crippen molar-refractivity contribution in [2.75, 3.05) is 25.6 Å². The molecule has 0 aliphatic heterocycles. The highest BCUT2D eigenvalue weighted by Gasteiger charge is 2.11. The van der Waals surface area contributed by atoms with Crippen LogP contribution in [0, 0.1) is 0 Å². The minimum Gasteiger partial charge on any atom is -0.490 e. The lowest BCUT2D eigenvalue weighted by Gasteiger charge is -2.14. The molecule has 0 saturated heterocycles. The van der Waals surface area contributed by atoms with Crippen molar-refractivity contribution in [2.24, 2.45) is 0 Å². The average molecular weight is 366 g/mol. The zero-order valence-corrected chi connectivity index (χ0v) is 15.6. The first-order valence-electron chi connectivity index (χ1n) is 8.80. The second-order valence-electron chi connectivity index (χ2n) is 5.73. The minimum absolute atomic E-state index is 0.360. The summed E-state index contributed by atoms with van der Waals surface area (Å²) in [5, 5.41) is 4.28. The van der Waals surface area contributed by atoms with E-state index < -0.39 is 0 Å². The first-order valence-corrected chi connectivity index (χ1v) is 8.80. The monoisotopic (exact) mass is 366 g/mol. The molecule has 0 aliphatic carbocycles. The van der Waals surface area contributed by atoms with E-state index in [0.29, 0.717) is 30.3 Å². The summed E-state index contributed by atoms with van der Waals surface area (Å²) >= 11 is 0. The van der Waals surface area contributed by atoms with E-state index in [4.69, 9.17) is 14.2 Å². The third-order valence-corrected chi connectivity index (χ3v) is 3.99. The number of fused-ring (bicyclic) bond motifs is 1. The molecule has 2 aromatic carbocycles. The molecule has 0 amide bonds. The van der Waals surface area contributed by atoms with Crippen LogP contribution >= 0.6 is 0 Å². The topological polar surface area (TPSA) is 69.7 Å². The van der Waals surface area contributed by atoms with Crippen LogP contribution in [0.4, 0.5) is 11.4 Å². The van der Waals surface area contributed by atoms with Gasteiger partial charge < -0.3 is 19.5 Å². The molecule has 3 aromatic rings. The van der Waals surface area contributed by atoms with Crippen LogP contribution in [0.15, 0.2) is 48.7 Å². The number of nitrogens with zero attached hydrogens (tertiary/aromatic N) is 1. The Kier molecular flexibility index (Phi) is 5.76. The number of anilines is 2. The van der Waals surface area contributed by atoms with Gasteiger partial charge in [0.05, 0.1) is 31.4 Å². The van der Waals surface area contributed by atoms with Gasteiger partial charge in [-0.15, -0.1) is 0 Å². The van der Waals surface area contributed by atoms with Crippen LogP contribution in [0.5, 0.6) is 11.5 Å². The zero-order valence-electron chi connectivity index (χ0n) is 15.6. The number of rotatable bonds is 7. The first-order chi connectivity index (χ1) is 13.2. The Morgan fingerprint density at radius 3 is 2.30 bits per heavy atom. The van der Waals surface area contributed by atoms with Crippen molar-refractivity contribution >= 4 is 28.2 Å². The van der Waals surface area contributed by atoms with Gasteiger partial charge in [0.25, 0.3) is 0 Å². The van der Waals surface area contributed by atoms with Crippen molar-refractivity contribution < 1.29 is 19.0 Å². The number of hydrogen-bond donors (Lipinski definition) is 1. The molecular formula is C21H22N2O4. The van der Waals surface area contributed by atoms with Gasteiger partial charge in [0.15, 0.2) is 11.5 Å². The fourth-order valence-corrected chi connectivity index (χ4v) is 2.76. The molecule has 0 fully saturated rings. The lowest BCUT2D eigenvalue weighted by Crippen LogP contribution is -2.01. The van der Waals surface area contributed by atoms with Crippen molar-refractivity contribution in [3.8, 4) is 11.5 Å². The van der Waals surface area contributed by atoms with Crippen LogP contribution in [-0.2, 0) is 4.74 Å². The Morgan fingerprint density at radius 2 is 1.67 bits per heavy atom. The maximum absolute atomic E-state index is 11.6. The van der Waals surface area contributed by atoms with Crippen molar-refractivity contribution in [2.45, 2.75) is 13.8 Å². The average Bonchev–Trinajstić information content (AvgIpc) is 2.69. The molecular weight excluding hydrogens is 344 g/mol. The van der Waals surface area contributed by atoms with Crippen molar-refractivity contribution in [3.05, 3.63) is 54.2 Å². The largest absolute Gasteiger partial charge is 0.490 e. The number of aromatic nitrogens is 1. The number of nitrogens with one attached hydrogen (secondary N) is 1. The molecule has 140 valence electrons. The third kappa shape index (κ3) is 4.11. The normalized spacial score (nSPS) is 10.5. The Bertz CT molecular complexity index is 939. The van der Waals surface area contributed by atoms with E-state index in [1.54, 1.807) is 18.3 Å². The zero-order chi connectivity index (χ0) is 19.2. The molecule has 6 nitrogen and oxygen atoms in total. The van der Waals surface area contributed by atoms with E-state index in [9.17, 15) is 4.79 Å². The standard InChI is InChI=1S/C21H22N2O4/c1-4-26-19-12-16-17(10-11-22-18(16)13-20(19)27-5-2)23-15-8-6-14(7-9-15)21(24)25-3/h6-13H,4-5H2,1-3H3,(H,22,23). The molecule has 3 rings (SSSR count). The van der Waals surface area contributed by atoms with Gasteiger partial charge in [-0.2, -0.15) is 0 Å². The van der Waals surface area contributed by atoms with Gasteiger partial charge >= 0.3 is 5.97 Å². The summed E-state index contributed by atoms with van der Waals surface area (Å²) in [5.74, 6) is 1.00. The molecule has 0 unspecified atom stereocenters. The molecule has 0 aliphatic rings. The molecule has 0 spiro atoms. The quantitative estimate of drug-likeness (QED) is 0.618. The number of carbonyl (C=O) groups is 1. The van der Waals surface area contributed by atoms with Gasteiger partial charge in [0.2, 0.25) is 0 Å². The Balaban J connectivity index is 1.96. The Hall–Kier alpha value is -3.28. The molecule has 0 saturated carbocycles. The van der Waals surface area contributed by atoms with Gasteiger partial charge in [-0.05, 0) is 50.2 Å². The van der Waals surface area contributed by atoms with Crippen LogP contribution in [0.1, 0.15) is 24.2 Å². The third-order valence-electron chi connectivity index (χ3n) is 3.99. The van der Waals surface area contributed by atoms with E-state index in [-0.39, 0.29) is 5.97 Å². The molecule has 6 heteroatoms. The maximum atomic E-state index is 11.6. The van der Waals surface area contributed by atoms with Gasteiger partial charge in [-0.3, -0.25) is 4.98 Å². The highest BCUT2D eigenvalue weighted by atomic mass is 16.5.